The second-order valence-corrected chi connectivity index (χ2v) is 8.53. The molecule has 32 heavy (non-hydrogen) atoms. The number of benzene rings is 1. The number of carbonyl (C=O) groups is 3. The van der Waals surface area contributed by atoms with Crippen LogP contribution in [0.5, 0.6) is 0 Å². The quantitative estimate of drug-likeness (QED) is 0.584. The Kier molecular flexibility index (Phi) is 7.69. The number of nitrogens with one attached hydrogen (secondary N) is 3. The molecule has 1 aromatic carbocycles. The molecule has 1 saturated heterocycles. The van der Waals surface area contributed by atoms with Crippen LogP contribution in [0.15, 0.2) is 40.8 Å². The number of hydrogen-bond acceptors (Lipinski definition) is 5. The van der Waals surface area contributed by atoms with Crippen molar-refractivity contribution in [1.29, 1.82) is 0 Å². The van der Waals surface area contributed by atoms with E-state index < -0.39 is 11.9 Å². The van der Waals surface area contributed by atoms with Crippen molar-refractivity contribution < 1.29 is 18.8 Å². The first-order valence-electron chi connectivity index (χ1n) is 11.0. The van der Waals surface area contributed by atoms with Gasteiger partial charge in [-0.15, -0.1) is 0 Å². The molecule has 8 nitrogen and oxygen atoms in total. The summed E-state index contributed by atoms with van der Waals surface area (Å²) in [7, 11) is 3.51. The summed E-state index contributed by atoms with van der Waals surface area (Å²) >= 11 is 0. The molecule has 3 N–H and O–H groups in total. The zero-order valence-electron chi connectivity index (χ0n) is 19.1. The summed E-state index contributed by atoms with van der Waals surface area (Å²) in [5, 5.41) is 8.30. The molecule has 1 aromatic heterocycles. The molecule has 0 aliphatic carbocycles. The summed E-state index contributed by atoms with van der Waals surface area (Å²) in [4.78, 5) is 39.1. The van der Waals surface area contributed by atoms with Crippen LogP contribution in [-0.4, -0.2) is 55.3 Å². The lowest BCUT2D eigenvalue weighted by Gasteiger charge is -2.19. The number of furan rings is 1. The van der Waals surface area contributed by atoms with Gasteiger partial charge in [-0.25, -0.2) is 0 Å². The highest BCUT2D eigenvalue weighted by Crippen LogP contribution is 2.24. The fraction of sp³-hybridized carbons (Fsp3) is 0.458. The molecular weight excluding hydrogens is 408 g/mol. The van der Waals surface area contributed by atoms with Gasteiger partial charge in [-0.3, -0.25) is 19.3 Å². The third-order valence-electron chi connectivity index (χ3n) is 5.81. The smallest absolute Gasteiger partial charge is 0.287 e. The first-order chi connectivity index (χ1) is 15.3. The van der Waals surface area contributed by atoms with Gasteiger partial charge in [-0.2, -0.15) is 0 Å². The topological polar surface area (TPSA) is 104 Å². The fourth-order valence-corrected chi connectivity index (χ4v) is 3.90. The summed E-state index contributed by atoms with van der Waals surface area (Å²) in [6.07, 6.45) is 1.93. The molecule has 172 valence electrons. The highest BCUT2D eigenvalue weighted by molar-refractivity contribution is 5.96. The van der Waals surface area contributed by atoms with Gasteiger partial charge >= 0.3 is 0 Å². The number of likely N-dealkylation sites (N-methyl/N-ethyl adjacent to an activating group) is 2. The van der Waals surface area contributed by atoms with Gasteiger partial charge < -0.3 is 20.4 Å². The van der Waals surface area contributed by atoms with Crippen LogP contribution in [0.3, 0.4) is 0 Å². The van der Waals surface area contributed by atoms with Gasteiger partial charge in [-0.1, -0.05) is 32.0 Å². The molecule has 1 aliphatic rings. The number of hydrogen-bond donors (Lipinski definition) is 3. The molecule has 8 heteroatoms. The summed E-state index contributed by atoms with van der Waals surface area (Å²) in [5.74, 6) is -0.0359. The maximum absolute atomic E-state index is 12.6. The molecule has 3 rings (SSSR count). The fourth-order valence-electron chi connectivity index (χ4n) is 3.90. The van der Waals surface area contributed by atoms with E-state index in [0.29, 0.717) is 12.3 Å². The largest absolute Gasteiger partial charge is 0.451 e. The predicted octanol–water partition coefficient (Wildman–Crippen LogP) is 2.16. The zero-order chi connectivity index (χ0) is 23.3. The van der Waals surface area contributed by atoms with Crippen molar-refractivity contribution in [2.45, 2.75) is 45.3 Å². The van der Waals surface area contributed by atoms with E-state index in [1.807, 2.05) is 45.2 Å². The number of rotatable bonds is 8. The van der Waals surface area contributed by atoms with Crippen LogP contribution in [0.2, 0.25) is 0 Å². The second kappa shape index (κ2) is 10.5. The van der Waals surface area contributed by atoms with Crippen molar-refractivity contribution in [3.05, 3.63) is 47.7 Å². The lowest BCUT2D eigenvalue weighted by atomic mass is 10.0. The van der Waals surface area contributed by atoms with Crippen molar-refractivity contribution in [2.75, 3.05) is 20.6 Å². The Balaban J connectivity index is 1.65. The van der Waals surface area contributed by atoms with Crippen molar-refractivity contribution >= 4 is 17.7 Å². The van der Waals surface area contributed by atoms with E-state index >= 15 is 0 Å². The molecule has 0 saturated carbocycles. The Labute approximate surface area is 188 Å². The van der Waals surface area contributed by atoms with Crippen LogP contribution >= 0.6 is 0 Å². The van der Waals surface area contributed by atoms with Crippen molar-refractivity contribution in [1.82, 2.24) is 20.9 Å². The minimum absolute atomic E-state index is 0.0446. The lowest BCUT2D eigenvalue weighted by molar-refractivity contribution is -0.125. The van der Waals surface area contributed by atoms with Crippen LogP contribution in [0.25, 0.3) is 11.3 Å². The first-order valence-corrected chi connectivity index (χ1v) is 11.0. The Hall–Kier alpha value is -3.13. The number of nitrogens with zero attached hydrogens (tertiary/aromatic N) is 1. The molecule has 1 fully saturated rings. The molecule has 2 heterocycles. The van der Waals surface area contributed by atoms with E-state index in [9.17, 15) is 14.4 Å². The Bertz CT molecular complexity index is 968. The summed E-state index contributed by atoms with van der Waals surface area (Å²) < 4.78 is 5.76. The van der Waals surface area contributed by atoms with Crippen LogP contribution in [0.1, 0.15) is 42.8 Å². The van der Waals surface area contributed by atoms with Crippen molar-refractivity contribution in [2.24, 2.45) is 5.92 Å². The van der Waals surface area contributed by atoms with E-state index in [2.05, 4.69) is 20.9 Å². The Morgan fingerprint density at radius 3 is 2.62 bits per heavy atom. The molecule has 2 atom stereocenters. The molecule has 0 bridgehead atoms. The van der Waals surface area contributed by atoms with Crippen LogP contribution in [-0.2, 0) is 16.1 Å². The van der Waals surface area contributed by atoms with E-state index in [0.717, 1.165) is 30.5 Å². The van der Waals surface area contributed by atoms with E-state index in [4.69, 9.17) is 4.42 Å². The van der Waals surface area contributed by atoms with E-state index in [-0.39, 0.29) is 29.5 Å². The van der Waals surface area contributed by atoms with Gasteiger partial charge in [-0.05, 0) is 56.1 Å². The van der Waals surface area contributed by atoms with Gasteiger partial charge in [0.15, 0.2) is 5.76 Å². The Morgan fingerprint density at radius 2 is 1.97 bits per heavy atom. The van der Waals surface area contributed by atoms with Crippen LogP contribution in [0.4, 0.5) is 0 Å². The summed E-state index contributed by atoms with van der Waals surface area (Å²) in [6.45, 7) is 5.10. The van der Waals surface area contributed by atoms with E-state index in [1.165, 1.54) is 7.05 Å². The van der Waals surface area contributed by atoms with Crippen molar-refractivity contribution in [3.8, 4) is 11.3 Å². The van der Waals surface area contributed by atoms with Crippen LogP contribution in [0, 0.1) is 5.92 Å². The maximum atomic E-state index is 12.6. The first kappa shape index (κ1) is 23.5. The van der Waals surface area contributed by atoms with Crippen molar-refractivity contribution in [3.63, 3.8) is 0 Å². The minimum atomic E-state index is -0.646. The molecule has 3 amide bonds. The second-order valence-electron chi connectivity index (χ2n) is 8.53. The van der Waals surface area contributed by atoms with Gasteiger partial charge in [0.05, 0.1) is 6.04 Å². The molecular formula is C24H32N4O4. The number of likely N-dealkylation sites (tertiary alicyclic amines) is 1. The summed E-state index contributed by atoms with van der Waals surface area (Å²) in [5.41, 5.74) is 1.75. The third-order valence-corrected chi connectivity index (χ3v) is 5.81. The SMILES string of the molecule is CNC(=O)[C@@H](NC(=O)c1ccc(-c2cccc(CNC(=O)C3CCCN3C)c2)o1)C(C)C. The normalized spacial score (nSPS) is 17.2. The lowest BCUT2D eigenvalue weighted by Crippen LogP contribution is -2.48. The van der Waals surface area contributed by atoms with Gasteiger partial charge in [0.25, 0.3) is 5.91 Å². The standard InChI is InChI=1S/C24H32N4O4/c1-15(2)21(24(31)25-3)27-23(30)20-11-10-19(32-20)17-8-5-7-16(13-17)14-26-22(29)18-9-6-12-28(18)4/h5,7-8,10-11,13,15,18,21H,6,9,12,14H2,1-4H3,(H,25,31)(H,26,29)(H,27,30)/t18?,21-/m0/s1. The molecule has 0 spiro atoms. The van der Waals surface area contributed by atoms with Gasteiger partial charge in [0.1, 0.15) is 11.8 Å². The molecule has 0 radical (unpaired) electrons. The van der Waals surface area contributed by atoms with Gasteiger partial charge in [0.2, 0.25) is 11.8 Å². The highest BCUT2D eigenvalue weighted by Gasteiger charge is 2.27. The minimum Gasteiger partial charge on any atom is -0.451 e. The zero-order valence-corrected chi connectivity index (χ0v) is 19.1. The van der Waals surface area contributed by atoms with Gasteiger partial charge in [0, 0.05) is 19.2 Å². The molecule has 1 unspecified atom stereocenters. The highest BCUT2D eigenvalue weighted by atomic mass is 16.4. The monoisotopic (exact) mass is 440 g/mol. The maximum Gasteiger partial charge on any atom is 0.287 e. The van der Waals surface area contributed by atoms with Crippen LogP contribution < -0.4 is 16.0 Å². The molecule has 1 aliphatic heterocycles. The molecule has 2 aromatic rings. The van der Waals surface area contributed by atoms with E-state index in [1.54, 1.807) is 12.1 Å². The number of carbonyl (C=O) groups excluding carboxylic acids is 3. The third kappa shape index (κ3) is 5.56. The summed E-state index contributed by atoms with van der Waals surface area (Å²) in [6, 6.07) is 10.3. The number of amides is 3. The average molecular weight is 441 g/mol. The predicted molar refractivity (Wildman–Crippen MR) is 122 cm³/mol. The average Bonchev–Trinajstić information content (AvgIpc) is 3.44. The Morgan fingerprint density at radius 1 is 1.19 bits per heavy atom.